The van der Waals surface area contributed by atoms with Crippen LogP contribution in [0.2, 0.25) is 0 Å². The van der Waals surface area contributed by atoms with Crippen molar-refractivity contribution in [1.29, 1.82) is 0 Å². The molecule has 0 bridgehead atoms. The highest BCUT2D eigenvalue weighted by atomic mass is 79.9. The highest BCUT2D eigenvalue weighted by Gasteiger charge is 2.10. The number of methoxy groups -OCH3 is 1. The summed E-state index contributed by atoms with van der Waals surface area (Å²) in [6.07, 6.45) is 4.74. The topological polar surface area (TPSA) is 9.23 Å². The lowest BCUT2D eigenvalue weighted by Crippen LogP contribution is -2.03. The number of benzene rings is 1. The molecule has 1 nitrogen and oxygen atoms in total. The zero-order chi connectivity index (χ0) is 12.8. The van der Waals surface area contributed by atoms with Gasteiger partial charge >= 0.3 is 0 Å². The molecule has 0 aromatic heterocycles. The first-order chi connectivity index (χ1) is 8.08. The van der Waals surface area contributed by atoms with E-state index in [2.05, 4.69) is 48.8 Å². The maximum Gasteiger partial charge on any atom is 0.122 e. The van der Waals surface area contributed by atoms with E-state index in [1.165, 1.54) is 36.0 Å². The summed E-state index contributed by atoms with van der Waals surface area (Å²) in [7, 11) is 1.76. The minimum absolute atomic E-state index is 0.623. The van der Waals surface area contributed by atoms with Crippen LogP contribution >= 0.6 is 15.9 Å². The molecule has 1 aromatic carbocycles. The third-order valence-corrected chi connectivity index (χ3v) is 4.02. The molecule has 0 saturated heterocycles. The average Bonchev–Trinajstić information content (AvgIpc) is 2.27. The van der Waals surface area contributed by atoms with Crippen LogP contribution in [-0.2, 0) is 6.42 Å². The number of alkyl halides is 1. The van der Waals surface area contributed by atoms with Crippen molar-refractivity contribution in [2.75, 3.05) is 7.11 Å². The van der Waals surface area contributed by atoms with Gasteiger partial charge in [-0.25, -0.2) is 0 Å². The molecule has 0 amide bonds. The monoisotopic (exact) mass is 298 g/mol. The van der Waals surface area contributed by atoms with E-state index in [0.717, 1.165) is 12.2 Å². The van der Waals surface area contributed by atoms with Gasteiger partial charge in [-0.1, -0.05) is 35.3 Å². The van der Waals surface area contributed by atoms with Gasteiger partial charge in [0, 0.05) is 4.83 Å². The molecule has 0 spiro atoms. The molecule has 0 aliphatic heterocycles. The van der Waals surface area contributed by atoms with Gasteiger partial charge in [0.25, 0.3) is 0 Å². The van der Waals surface area contributed by atoms with E-state index in [1.807, 2.05) is 0 Å². The highest BCUT2D eigenvalue weighted by molar-refractivity contribution is 9.09. The molecule has 0 saturated carbocycles. The molecule has 0 aliphatic rings. The third-order valence-electron chi connectivity index (χ3n) is 3.11. The maximum atomic E-state index is 5.48. The molecular weight excluding hydrogens is 276 g/mol. The number of hydrogen-bond donors (Lipinski definition) is 0. The van der Waals surface area contributed by atoms with Crippen LogP contribution in [0.25, 0.3) is 0 Å². The summed E-state index contributed by atoms with van der Waals surface area (Å²) in [5.41, 5.74) is 3.98. The molecule has 1 aromatic rings. The number of ether oxygens (including phenoxy) is 1. The molecule has 1 atom stereocenters. The van der Waals surface area contributed by atoms with Crippen LogP contribution in [0.1, 0.15) is 42.9 Å². The summed E-state index contributed by atoms with van der Waals surface area (Å²) in [5.74, 6) is 1.04. The van der Waals surface area contributed by atoms with Crippen molar-refractivity contribution >= 4 is 15.9 Å². The Balaban J connectivity index is 2.76. The van der Waals surface area contributed by atoms with Gasteiger partial charge in [-0.15, -0.1) is 0 Å². The SMILES string of the molecule is CCCC(Br)CCc1c(C)cc(C)cc1OC. The Morgan fingerprint density at radius 3 is 2.53 bits per heavy atom. The first kappa shape index (κ1) is 14.6. The first-order valence-electron chi connectivity index (χ1n) is 6.36. The Morgan fingerprint density at radius 1 is 1.24 bits per heavy atom. The van der Waals surface area contributed by atoms with Crippen molar-refractivity contribution in [2.45, 2.75) is 51.3 Å². The lowest BCUT2D eigenvalue weighted by atomic mass is 9.98. The molecule has 0 radical (unpaired) electrons. The molecule has 0 aliphatic carbocycles. The minimum atomic E-state index is 0.623. The lowest BCUT2D eigenvalue weighted by Gasteiger charge is -2.14. The molecule has 0 heterocycles. The van der Waals surface area contributed by atoms with Crippen LogP contribution in [0.15, 0.2) is 12.1 Å². The van der Waals surface area contributed by atoms with Crippen molar-refractivity contribution in [3.63, 3.8) is 0 Å². The molecule has 1 rings (SSSR count). The predicted molar refractivity (Wildman–Crippen MR) is 78.4 cm³/mol. The smallest absolute Gasteiger partial charge is 0.122 e. The summed E-state index contributed by atoms with van der Waals surface area (Å²) < 4.78 is 5.48. The Bertz CT molecular complexity index is 360. The normalized spacial score (nSPS) is 12.5. The highest BCUT2D eigenvalue weighted by Crippen LogP contribution is 2.27. The molecule has 2 heteroatoms. The van der Waals surface area contributed by atoms with Gasteiger partial charge in [0.2, 0.25) is 0 Å². The van der Waals surface area contributed by atoms with Crippen molar-refractivity contribution < 1.29 is 4.74 Å². The van der Waals surface area contributed by atoms with Gasteiger partial charge in [0.1, 0.15) is 5.75 Å². The predicted octanol–water partition coefficient (Wildman–Crippen LogP) is 4.81. The summed E-state index contributed by atoms with van der Waals surface area (Å²) >= 11 is 3.74. The van der Waals surface area contributed by atoms with E-state index >= 15 is 0 Å². The van der Waals surface area contributed by atoms with Gasteiger partial charge < -0.3 is 4.74 Å². The molecule has 0 N–H and O–H groups in total. The van der Waals surface area contributed by atoms with Gasteiger partial charge in [0.05, 0.1) is 7.11 Å². The Labute approximate surface area is 114 Å². The molecular formula is C15H23BrO. The Morgan fingerprint density at radius 2 is 1.94 bits per heavy atom. The van der Waals surface area contributed by atoms with Crippen molar-refractivity contribution in [1.82, 2.24) is 0 Å². The fraction of sp³-hybridized carbons (Fsp3) is 0.600. The average molecular weight is 299 g/mol. The third kappa shape index (κ3) is 4.34. The van der Waals surface area contributed by atoms with Crippen LogP contribution in [0, 0.1) is 13.8 Å². The summed E-state index contributed by atoms with van der Waals surface area (Å²) in [5, 5.41) is 0. The van der Waals surface area contributed by atoms with Gasteiger partial charge in [-0.2, -0.15) is 0 Å². The number of halogens is 1. The van der Waals surface area contributed by atoms with Crippen molar-refractivity contribution in [3.05, 3.63) is 28.8 Å². The van der Waals surface area contributed by atoms with E-state index in [1.54, 1.807) is 7.11 Å². The number of hydrogen-bond acceptors (Lipinski definition) is 1. The minimum Gasteiger partial charge on any atom is -0.496 e. The Hall–Kier alpha value is -0.500. The first-order valence-corrected chi connectivity index (χ1v) is 7.28. The number of aryl methyl sites for hydroxylation is 2. The van der Waals surface area contributed by atoms with Crippen LogP contribution in [-0.4, -0.2) is 11.9 Å². The summed E-state index contributed by atoms with van der Waals surface area (Å²) in [6, 6.07) is 4.37. The van der Waals surface area contributed by atoms with Gasteiger partial charge in [-0.05, 0) is 55.9 Å². The molecule has 96 valence electrons. The second kappa shape index (κ2) is 7.05. The van der Waals surface area contributed by atoms with Crippen LogP contribution < -0.4 is 4.74 Å². The molecule has 17 heavy (non-hydrogen) atoms. The van der Waals surface area contributed by atoms with Crippen LogP contribution in [0.4, 0.5) is 0 Å². The zero-order valence-corrected chi connectivity index (χ0v) is 12.9. The summed E-state index contributed by atoms with van der Waals surface area (Å²) in [4.78, 5) is 0.623. The van der Waals surface area contributed by atoms with Crippen LogP contribution in [0.5, 0.6) is 5.75 Å². The largest absolute Gasteiger partial charge is 0.496 e. The van der Waals surface area contributed by atoms with E-state index < -0.39 is 0 Å². The van der Waals surface area contributed by atoms with E-state index in [0.29, 0.717) is 4.83 Å². The fourth-order valence-corrected chi connectivity index (χ4v) is 2.91. The standard InChI is InChI=1S/C15H23BrO/c1-5-6-13(16)7-8-14-12(3)9-11(2)10-15(14)17-4/h9-10,13H,5-8H2,1-4H3. The fourth-order valence-electron chi connectivity index (χ4n) is 2.22. The number of rotatable bonds is 6. The van der Waals surface area contributed by atoms with E-state index in [4.69, 9.17) is 4.74 Å². The Kier molecular flexibility index (Phi) is 6.04. The second-order valence-electron chi connectivity index (χ2n) is 4.69. The van der Waals surface area contributed by atoms with Crippen molar-refractivity contribution in [3.8, 4) is 5.75 Å². The molecule has 0 fully saturated rings. The van der Waals surface area contributed by atoms with Gasteiger partial charge in [-0.3, -0.25) is 0 Å². The maximum absolute atomic E-state index is 5.48. The van der Waals surface area contributed by atoms with E-state index in [-0.39, 0.29) is 0 Å². The van der Waals surface area contributed by atoms with Crippen molar-refractivity contribution in [2.24, 2.45) is 0 Å². The van der Waals surface area contributed by atoms with Crippen LogP contribution in [0.3, 0.4) is 0 Å². The zero-order valence-electron chi connectivity index (χ0n) is 11.3. The van der Waals surface area contributed by atoms with Gasteiger partial charge in [0.15, 0.2) is 0 Å². The second-order valence-corrected chi connectivity index (χ2v) is 5.98. The van der Waals surface area contributed by atoms with E-state index in [9.17, 15) is 0 Å². The quantitative estimate of drug-likeness (QED) is 0.685. The molecule has 1 unspecified atom stereocenters. The lowest BCUT2D eigenvalue weighted by molar-refractivity contribution is 0.408. The summed E-state index contributed by atoms with van der Waals surface area (Å²) in [6.45, 7) is 6.52.